The first-order valence-electron chi connectivity index (χ1n) is 4.79. The van der Waals surface area contributed by atoms with E-state index in [-0.39, 0.29) is 6.61 Å². The number of pyridine rings is 1. The third kappa shape index (κ3) is 2.74. The molecule has 0 fully saturated rings. The maximum atomic E-state index is 13.5. The van der Waals surface area contributed by atoms with Gasteiger partial charge in [-0.15, -0.1) is 0 Å². The molecule has 0 spiro atoms. The van der Waals surface area contributed by atoms with Gasteiger partial charge in [0.2, 0.25) is 0 Å². The minimum atomic E-state index is -5.03. The van der Waals surface area contributed by atoms with E-state index in [1.165, 1.54) is 6.92 Å². The molecule has 1 heterocycles. The Kier molecular flexibility index (Phi) is 3.88. The van der Waals surface area contributed by atoms with Crippen molar-refractivity contribution in [1.82, 2.24) is 4.98 Å². The fourth-order valence-electron chi connectivity index (χ4n) is 1.20. The number of alkyl halides is 5. The molecule has 0 aliphatic carbocycles. The fourth-order valence-corrected chi connectivity index (χ4v) is 1.20. The Morgan fingerprint density at radius 1 is 1.33 bits per heavy atom. The third-order valence-electron chi connectivity index (χ3n) is 1.94. The zero-order valence-electron chi connectivity index (χ0n) is 9.09. The van der Waals surface area contributed by atoms with E-state index >= 15 is 0 Å². The predicted molar refractivity (Wildman–Crippen MR) is 49.8 cm³/mol. The van der Waals surface area contributed by atoms with Gasteiger partial charge in [0.15, 0.2) is 0 Å². The number of esters is 1. The van der Waals surface area contributed by atoms with Gasteiger partial charge in [0.05, 0.1) is 12.2 Å². The summed E-state index contributed by atoms with van der Waals surface area (Å²) in [7, 11) is 0. The first kappa shape index (κ1) is 14.3. The lowest BCUT2D eigenvalue weighted by Crippen LogP contribution is -2.32. The van der Waals surface area contributed by atoms with Crippen LogP contribution in [0.15, 0.2) is 18.3 Å². The number of halogens is 5. The molecule has 18 heavy (non-hydrogen) atoms. The number of carbonyl (C=O) groups excluding carboxylic acids is 1. The van der Waals surface area contributed by atoms with Gasteiger partial charge in [-0.1, -0.05) is 0 Å². The molecular formula is C10H8F5NO2. The number of rotatable bonds is 3. The second-order valence-electron chi connectivity index (χ2n) is 3.19. The summed E-state index contributed by atoms with van der Waals surface area (Å²) in [6.45, 7) is 0.889. The van der Waals surface area contributed by atoms with E-state index in [1.807, 2.05) is 0 Å². The number of ether oxygens (including phenoxy) is 1. The second-order valence-corrected chi connectivity index (χ2v) is 3.19. The quantitative estimate of drug-likeness (QED) is 0.625. The maximum Gasteiger partial charge on any atom is 0.418 e. The van der Waals surface area contributed by atoms with E-state index in [0.29, 0.717) is 6.07 Å². The van der Waals surface area contributed by atoms with Crippen molar-refractivity contribution >= 4 is 5.97 Å². The fraction of sp³-hybridized carbons (Fsp3) is 0.400. The molecule has 8 heteroatoms. The summed E-state index contributed by atoms with van der Waals surface area (Å²) < 4.78 is 68.5. The Hall–Kier alpha value is -1.73. The van der Waals surface area contributed by atoms with E-state index in [0.717, 1.165) is 12.3 Å². The zero-order valence-corrected chi connectivity index (χ0v) is 9.09. The minimum absolute atomic E-state index is 0.372. The normalized spacial score (nSPS) is 12.3. The lowest BCUT2D eigenvalue weighted by atomic mass is 10.1. The molecule has 0 aliphatic rings. The highest BCUT2D eigenvalue weighted by Crippen LogP contribution is 2.38. The zero-order chi connectivity index (χ0) is 14.0. The van der Waals surface area contributed by atoms with E-state index in [1.54, 1.807) is 0 Å². The van der Waals surface area contributed by atoms with Crippen molar-refractivity contribution in [2.45, 2.75) is 19.0 Å². The molecular weight excluding hydrogens is 261 g/mol. The summed E-state index contributed by atoms with van der Waals surface area (Å²) in [5, 5.41) is 0. The number of aromatic nitrogens is 1. The Morgan fingerprint density at radius 2 is 1.94 bits per heavy atom. The van der Waals surface area contributed by atoms with E-state index in [9.17, 15) is 26.7 Å². The van der Waals surface area contributed by atoms with Crippen molar-refractivity contribution in [3.63, 3.8) is 0 Å². The molecule has 0 saturated carbocycles. The molecule has 3 nitrogen and oxygen atoms in total. The molecule has 0 amide bonds. The van der Waals surface area contributed by atoms with Gasteiger partial charge in [-0.2, -0.15) is 22.0 Å². The Balaban J connectivity index is 3.28. The highest BCUT2D eigenvalue weighted by molar-refractivity contribution is 5.79. The summed E-state index contributed by atoms with van der Waals surface area (Å²) in [5.41, 5.74) is -3.32. The largest absolute Gasteiger partial charge is 0.461 e. The van der Waals surface area contributed by atoms with Crippen LogP contribution in [0, 0.1) is 0 Å². The molecule has 0 aliphatic heterocycles. The average Bonchev–Trinajstić information content (AvgIpc) is 2.28. The monoisotopic (exact) mass is 269 g/mol. The molecule has 100 valence electrons. The van der Waals surface area contributed by atoms with Crippen LogP contribution in [0.2, 0.25) is 0 Å². The summed E-state index contributed by atoms with van der Waals surface area (Å²) in [6, 6.07) is 1.28. The number of nitrogens with zero attached hydrogens (tertiary/aromatic N) is 1. The lowest BCUT2D eigenvalue weighted by molar-refractivity contribution is -0.176. The molecule has 0 atom stereocenters. The highest BCUT2D eigenvalue weighted by Gasteiger charge is 2.50. The molecule has 1 rings (SSSR count). The van der Waals surface area contributed by atoms with E-state index in [2.05, 4.69) is 9.72 Å². The molecule has 0 radical (unpaired) electrons. The van der Waals surface area contributed by atoms with Gasteiger partial charge in [0.25, 0.3) is 0 Å². The number of hydrogen-bond donors (Lipinski definition) is 0. The predicted octanol–water partition coefficient (Wildman–Crippen LogP) is 2.76. The van der Waals surface area contributed by atoms with Crippen LogP contribution in [-0.4, -0.2) is 17.6 Å². The van der Waals surface area contributed by atoms with Crippen molar-refractivity contribution in [3.8, 4) is 0 Å². The van der Waals surface area contributed by atoms with Crippen LogP contribution in [0.4, 0.5) is 22.0 Å². The summed E-state index contributed by atoms with van der Waals surface area (Å²) in [6.07, 6.45) is -4.28. The summed E-state index contributed by atoms with van der Waals surface area (Å²) >= 11 is 0. The van der Waals surface area contributed by atoms with Gasteiger partial charge >= 0.3 is 18.1 Å². The molecule has 1 aromatic rings. The van der Waals surface area contributed by atoms with Crippen LogP contribution in [0.3, 0.4) is 0 Å². The second kappa shape index (κ2) is 4.87. The molecule has 0 bridgehead atoms. The van der Waals surface area contributed by atoms with Crippen molar-refractivity contribution in [2.75, 3.05) is 6.61 Å². The third-order valence-corrected chi connectivity index (χ3v) is 1.94. The van der Waals surface area contributed by atoms with Crippen LogP contribution in [0.5, 0.6) is 0 Å². The first-order valence-corrected chi connectivity index (χ1v) is 4.79. The van der Waals surface area contributed by atoms with Gasteiger partial charge in [-0.25, -0.2) is 4.79 Å². The maximum absolute atomic E-state index is 13.5. The molecule has 0 aromatic carbocycles. The topological polar surface area (TPSA) is 39.2 Å². The summed E-state index contributed by atoms with van der Waals surface area (Å²) in [5.74, 6) is -6.50. The average molecular weight is 269 g/mol. The van der Waals surface area contributed by atoms with Crippen molar-refractivity contribution in [3.05, 3.63) is 29.6 Å². The standard InChI is InChI=1S/C10H8F5NO2/c1-2-18-8(17)9(11,12)7-6(10(13,14)15)4-3-5-16-7/h3-5H,2H2,1H3. The van der Waals surface area contributed by atoms with Crippen molar-refractivity contribution in [1.29, 1.82) is 0 Å². The highest BCUT2D eigenvalue weighted by atomic mass is 19.4. The van der Waals surface area contributed by atoms with Gasteiger partial charge in [-0.05, 0) is 19.1 Å². The van der Waals surface area contributed by atoms with Gasteiger partial charge in [-0.3, -0.25) is 4.98 Å². The molecule has 1 aromatic heterocycles. The Morgan fingerprint density at radius 3 is 2.44 bits per heavy atom. The van der Waals surface area contributed by atoms with Crippen LogP contribution in [0.25, 0.3) is 0 Å². The number of carbonyl (C=O) groups is 1. The van der Waals surface area contributed by atoms with Crippen LogP contribution in [-0.2, 0) is 21.6 Å². The Labute approximate surface area is 98.6 Å². The first-order chi connectivity index (χ1) is 8.21. The van der Waals surface area contributed by atoms with E-state index < -0.39 is 29.3 Å². The van der Waals surface area contributed by atoms with Gasteiger partial charge in [0, 0.05) is 6.20 Å². The minimum Gasteiger partial charge on any atom is -0.461 e. The van der Waals surface area contributed by atoms with E-state index in [4.69, 9.17) is 0 Å². The van der Waals surface area contributed by atoms with Gasteiger partial charge in [0.1, 0.15) is 5.69 Å². The van der Waals surface area contributed by atoms with Gasteiger partial charge < -0.3 is 4.74 Å². The Bertz CT molecular complexity index is 444. The van der Waals surface area contributed by atoms with Crippen LogP contribution in [0.1, 0.15) is 18.2 Å². The van der Waals surface area contributed by atoms with Crippen LogP contribution >= 0.6 is 0 Å². The lowest BCUT2D eigenvalue weighted by Gasteiger charge is -2.18. The molecule has 0 N–H and O–H groups in total. The SMILES string of the molecule is CCOC(=O)C(F)(F)c1ncccc1C(F)(F)F. The molecule has 0 saturated heterocycles. The smallest absolute Gasteiger partial charge is 0.418 e. The van der Waals surface area contributed by atoms with Crippen LogP contribution < -0.4 is 0 Å². The number of hydrogen-bond acceptors (Lipinski definition) is 3. The van der Waals surface area contributed by atoms with Crippen molar-refractivity contribution < 1.29 is 31.5 Å². The summed E-state index contributed by atoms with van der Waals surface area (Å²) in [4.78, 5) is 13.9. The molecule has 0 unspecified atom stereocenters. The van der Waals surface area contributed by atoms with Crippen molar-refractivity contribution in [2.24, 2.45) is 0 Å².